The average Bonchev–Trinajstić information content (AvgIpc) is 2.16. The highest BCUT2D eigenvalue weighted by atomic mass is 15.1. The Bertz CT molecular complexity index is 178. The minimum atomic E-state index is -0.0388. The maximum atomic E-state index is 9.02. The molecule has 0 aromatic carbocycles. The molecule has 88 valence electrons. The molecule has 0 fully saturated rings. The van der Waals surface area contributed by atoms with Gasteiger partial charge >= 0.3 is 0 Å². The fraction of sp³-hybridized carbons (Fsp3) is 0.917. The van der Waals surface area contributed by atoms with Crippen LogP contribution < -0.4 is 5.32 Å². The Labute approximate surface area is 94.5 Å². The van der Waals surface area contributed by atoms with E-state index in [4.69, 9.17) is 5.26 Å². The largest absolute Gasteiger partial charge is 0.301 e. The highest BCUT2D eigenvalue weighted by Crippen LogP contribution is 1.97. The summed E-state index contributed by atoms with van der Waals surface area (Å²) in [6.45, 7) is 11.5. The van der Waals surface area contributed by atoms with E-state index in [1.54, 1.807) is 0 Å². The number of rotatable bonds is 8. The van der Waals surface area contributed by atoms with Gasteiger partial charge < -0.3 is 4.90 Å². The summed E-state index contributed by atoms with van der Waals surface area (Å²) in [7, 11) is 0. The SMILES string of the molecule is CCCN(CCC)CC(C#N)NC(C)C. The number of nitrogens with zero attached hydrogens (tertiary/aromatic N) is 2. The number of hydrogen-bond acceptors (Lipinski definition) is 3. The second-order valence-electron chi connectivity index (χ2n) is 4.30. The van der Waals surface area contributed by atoms with Gasteiger partial charge in [-0.2, -0.15) is 5.26 Å². The third-order valence-electron chi connectivity index (χ3n) is 2.21. The summed E-state index contributed by atoms with van der Waals surface area (Å²) in [4.78, 5) is 2.36. The van der Waals surface area contributed by atoms with Crippen molar-refractivity contribution < 1.29 is 0 Å². The lowest BCUT2D eigenvalue weighted by atomic mass is 10.2. The van der Waals surface area contributed by atoms with Gasteiger partial charge in [0.15, 0.2) is 0 Å². The molecule has 0 saturated carbocycles. The van der Waals surface area contributed by atoms with E-state index in [1.807, 2.05) is 0 Å². The van der Waals surface area contributed by atoms with E-state index in [9.17, 15) is 0 Å². The van der Waals surface area contributed by atoms with Gasteiger partial charge in [0, 0.05) is 12.6 Å². The lowest BCUT2D eigenvalue weighted by molar-refractivity contribution is 0.254. The van der Waals surface area contributed by atoms with Gasteiger partial charge in [0.05, 0.1) is 6.07 Å². The Kier molecular flexibility index (Phi) is 8.35. The molecular formula is C12H25N3. The van der Waals surface area contributed by atoms with Gasteiger partial charge in [-0.25, -0.2) is 0 Å². The molecule has 0 aromatic rings. The van der Waals surface area contributed by atoms with Gasteiger partial charge in [0.25, 0.3) is 0 Å². The lowest BCUT2D eigenvalue weighted by Gasteiger charge is -2.25. The van der Waals surface area contributed by atoms with Gasteiger partial charge in [-0.05, 0) is 39.8 Å². The van der Waals surface area contributed by atoms with Crippen molar-refractivity contribution in [2.24, 2.45) is 0 Å². The predicted octanol–water partition coefficient (Wildman–Crippen LogP) is 2.00. The molecule has 1 unspecified atom stereocenters. The van der Waals surface area contributed by atoms with E-state index in [0.29, 0.717) is 6.04 Å². The molecule has 0 saturated heterocycles. The molecule has 0 bridgehead atoms. The van der Waals surface area contributed by atoms with Crippen LogP contribution in [0.15, 0.2) is 0 Å². The third-order valence-corrected chi connectivity index (χ3v) is 2.21. The average molecular weight is 211 g/mol. The highest BCUT2D eigenvalue weighted by Gasteiger charge is 2.12. The second-order valence-corrected chi connectivity index (χ2v) is 4.30. The van der Waals surface area contributed by atoms with Crippen molar-refractivity contribution in [1.29, 1.82) is 5.26 Å². The van der Waals surface area contributed by atoms with Gasteiger partial charge in [-0.15, -0.1) is 0 Å². The zero-order chi connectivity index (χ0) is 11.7. The molecular weight excluding hydrogens is 186 g/mol. The Balaban J connectivity index is 4.04. The quantitative estimate of drug-likeness (QED) is 0.667. The maximum Gasteiger partial charge on any atom is 0.108 e. The molecule has 15 heavy (non-hydrogen) atoms. The van der Waals surface area contributed by atoms with Crippen molar-refractivity contribution in [1.82, 2.24) is 10.2 Å². The highest BCUT2D eigenvalue weighted by molar-refractivity contribution is 4.92. The van der Waals surface area contributed by atoms with Crippen LogP contribution in [-0.4, -0.2) is 36.6 Å². The van der Waals surface area contributed by atoms with E-state index in [2.05, 4.69) is 44.0 Å². The summed E-state index contributed by atoms with van der Waals surface area (Å²) in [6, 6.07) is 2.66. The van der Waals surface area contributed by atoms with Crippen LogP contribution in [0.1, 0.15) is 40.5 Å². The van der Waals surface area contributed by atoms with Crippen LogP contribution in [0.3, 0.4) is 0 Å². The molecule has 0 radical (unpaired) electrons. The topological polar surface area (TPSA) is 39.1 Å². The van der Waals surface area contributed by atoms with Gasteiger partial charge in [-0.3, -0.25) is 5.32 Å². The Morgan fingerprint density at radius 2 is 1.73 bits per heavy atom. The monoisotopic (exact) mass is 211 g/mol. The van der Waals surface area contributed by atoms with Gasteiger partial charge in [-0.1, -0.05) is 13.8 Å². The Morgan fingerprint density at radius 1 is 1.20 bits per heavy atom. The minimum Gasteiger partial charge on any atom is -0.301 e. The third kappa shape index (κ3) is 7.35. The van der Waals surface area contributed by atoms with Crippen LogP contribution >= 0.6 is 0 Å². The second kappa shape index (κ2) is 8.70. The first-order valence-electron chi connectivity index (χ1n) is 6.02. The summed E-state index contributed by atoms with van der Waals surface area (Å²) in [5.74, 6) is 0. The van der Waals surface area contributed by atoms with Crippen molar-refractivity contribution >= 4 is 0 Å². The summed E-state index contributed by atoms with van der Waals surface area (Å²) >= 11 is 0. The number of hydrogen-bond donors (Lipinski definition) is 1. The first kappa shape index (κ1) is 14.4. The lowest BCUT2D eigenvalue weighted by Crippen LogP contribution is -2.43. The normalized spacial score (nSPS) is 13.1. The molecule has 0 rings (SSSR count). The van der Waals surface area contributed by atoms with Gasteiger partial charge in [0.1, 0.15) is 6.04 Å². The van der Waals surface area contributed by atoms with Crippen molar-refractivity contribution in [3.05, 3.63) is 0 Å². The Morgan fingerprint density at radius 3 is 2.07 bits per heavy atom. The minimum absolute atomic E-state index is 0.0388. The maximum absolute atomic E-state index is 9.02. The Hall–Kier alpha value is -0.590. The van der Waals surface area contributed by atoms with Crippen molar-refractivity contribution in [2.45, 2.75) is 52.6 Å². The molecule has 0 aliphatic carbocycles. The first-order valence-corrected chi connectivity index (χ1v) is 6.02. The molecule has 0 heterocycles. The fourth-order valence-electron chi connectivity index (χ4n) is 1.72. The first-order chi connectivity index (χ1) is 7.13. The summed E-state index contributed by atoms with van der Waals surface area (Å²) in [5, 5.41) is 12.3. The molecule has 0 aromatic heterocycles. The van der Waals surface area contributed by atoms with E-state index in [-0.39, 0.29) is 6.04 Å². The molecule has 1 N–H and O–H groups in total. The molecule has 3 nitrogen and oxygen atoms in total. The van der Waals surface area contributed by atoms with Crippen LogP contribution in [0, 0.1) is 11.3 Å². The summed E-state index contributed by atoms with van der Waals surface area (Å²) in [5.41, 5.74) is 0. The standard InChI is InChI=1S/C12H25N3/c1-5-7-15(8-6-2)10-12(9-13)14-11(3)4/h11-12,14H,5-8,10H2,1-4H3. The summed E-state index contributed by atoms with van der Waals surface area (Å²) < 4.78 is 0. The zero-order valence-electron chi connectivity index (χ0n) is 10.6. The van der Waals surface area contributed by atoms with Crippen molar-refractivity contribution in [3.8, 4) is 6.07 Å². The molecule has 3 heteroatoms. The fourth-order valence-corrected chi connectivity index (χ4v) is 1.72. The molecule has 1 atom stereocenters. The van der Waals surface area contributed by atoms with Crippen LogP contribution in [0.25, 0.3) is 0 Å². The zero-order valence-corrected chi connectivity index (χ0v) is 10.6. The number of nitrogens with one attached hydrogen (secondary N) is 1. The van der Waals surface area contributed by atoms with Crippen molar-refractivity contribution in [2.75, 3.05) is 19.6 Å². The van der Waals surface area contributed by atoms with Gasteiger partial charge in [0.2, 0.25) is 0 Å². The van der Waals surface area contributed by atoms with Crippen LogP contribution in [0.2, 0.25) is 0 Å². The van der Waals surface area contributed by atoms with E-state index < -0.39 is 0 Å². The van der Waals surface area contributed by atoms with E-state index in [1.165, 1.54) is 0 Å². The summed E-state index contributed by atoms with van der Waals surface area (Å²) in [6.07, 6.45) is 2.31. The molecule has 0 spiro atoms. The van der Waals surface area contributed by atoms with Crippen LogP contribution in [-0.2, 0) is 0 Å². The molecule has 0 aliphatic heterocycles. The molecule has 0 aliphatic rings. The van der Waals surface area contributed by atoms with Crippen LogP contribution in [0.5, 0.6) is 0 Å². The van der Waals surface area contributed by atoms with Crippen molar-refractivity contribution in [3.63, 3.8) is 0 Å². The molecule has 0 amide bonds. The van der Waals surface area contributed by atoms with E-state index in [0.717, 1.165) is 32.5 Å². The van der Waals surface area contributed by atoms with E-state index >= 15 is 0 Å². The van der Waals surface area contributed by atoms with Crippen LogP contribution in [0.4, 0.5) is 0 Å². The number of nitriles is 1. The predicted molar refractivity (Wildman–Crippen MR) is 64.7 cm³/mol. The smallest absolute Gasteiger partial charge is 0.108 e.